The number of rotatable bonds is 7. The first-order valence-electron chi connectivity index (χ1n) is 18.0. The Balaban J connectivity index is -0.000000562. The second kappa shape index (κ2) is 26.4. The van der Waals surface area contributed by atoms with Crippen LogP contribution in [-0.4, -0.2) is 4.57 Å². The van der Waals surface area contributed by atoms with Gasteiger partial charge in [0.05, 0.1) is 0 Å². The minimum atomic E-state index is -0.279. The van der Waals surface area contributed by atoms with Gasteiger partial charge < -0.3 is 4.57 Å². The maximum Gasteiger partial charge on any atom is 0.126 e. The van der Waals surface area contributed by atoms with Crippen LogP contribution in [0, 0.1) is 24.1 Å². The lowest BCUT2D eigenvalue weighted by atomic mass is 9.89. The molecule has 1 aromatic heterocycles. The normalized spacial score (nSPS) is 11.0. The number of benzene rings is 2. The molecule has 0 saturated heterocycles. The molecule has 1 atom stereocenters. The molecule has 0 aliphatic heterocycles. The van der Waals surface area contributed by atoms with Crippen LogP contribution in [0.25, 0.3) is 10.9 Å². The van der Waals surface area contributed by atoms with E-state index in [4.69, 9.17) is 0 Å². The molecule has 0 aliphatic rings. The molecule has 0 spiro atoms. The van der Waals surface area contributed by atoms with Crippen molar-refractivity contribution in [3.63, 3.8) is 0 Å². The lowest BCUT2D eigenvalue weighted by molar-refractivity contribution is 0.410. The SMILES string of the molecule is C=C(C)C(/C=C(/F)C(=C)C)=C(C)C.C=C(C)CC(C)(C)C.CC.CC.CC(C)C(C)c1cccc(F)c1.CCn1ccc2cc(C)ccc21. The van der Waals surface area contributed by atoms with Gasteiger partial charge in [-0.2, -0.15) is 0 Å². The Bertz CT molecular complexity index is 1450. The van der Waals surface area contributed by atoms with Crippen molar-refractivity contribution >= 4 is 10.9 Å². The predicted octanol–water partition coefficient (Wildman–Crippen LogP) is 15.9. The number of aryl methyl sites for hydroxylation is 2. The summed E-state index contributed by atoms with van der Waals surface area (Å²) in [6.07, 6.45) is 4.76. The van der Waals surface area contributed by atoms with Crippen LogP contribution in [0.4, 0.5) is 8.78 Å². The highest BCUT2D eigenvalue weighted by molar-refractivity contribution is 5.80. The van der Waals surface area contributed by atoms with Crippen molar-refractivity contribution in [2.24, 2.45) is 11.3 Å². The Kier molecular flexibility index (Phi) is 26.9. The first-order chi connectivity index (χ1) is 22.7. The Labute approximate surface area is 302 Å². The monoisotopic (exact) mass is 678 g/mol. The largest absolute Gasteiger partial charge is 0.348 e. The van der Waals surface area contributed by atoms with E-state index >= 15 is 0 Å². The van der Waals surface area contributed by atoms with E-state index in [0.717, 1.165) is 35.2 Å². The van der Waals surface area contributed by atoms with E-state index < -0.39 is 0 Å². The molecule has 3 aromatic rings. The third-order valence-corrected chi connectivity index (χ3v) is 7.15. The molecule has 1 nitrogen and oxygen atoms in total. The second-order valence-electron chi connectivity index (χ2n) is 13.9. The Hall–Kier alpha value is -3.46. The summed E-state index contributed by atoms with van der Waals surface area (Å²) in [4.78, 5) is 0. The summed E-state index contributed by atoms with van der Waals surface area (Å²) in [7, 11) is 0. The van der Waals surface area contributed by atoms with Gasteiger partial charge in [-0.25, -0.2) is 8.78 Å². The molecule has 49 heavy (non-hydrogen) atoms. The van der Waals surface area contributed by atoms with E-state index in [0.29, 0.717) is 22.8 Å². The predicted molar refractivity (Wildman–Crippen MR) is 221 cm³/mol. The van der Waals surface area contributed by atoms with Crippen LogP contribution < -0.4 is 0 Å². The highest BCUT2D eigenvalue weighted by Crippen LogP contribution is 2.24. The van der Waals surface area contributed by atoms with Crippen LogP contribution in [0.2, 0.25) is 0 Å². The number of hydrogen-bond acceptors (Lipinski definition) is 0. The van der Waals surface area contributed by atoms with E-state index in [1.807, 2.05) is 54.5 Å². The van der Waals surface area contributed by atoms with Gasteiger partial charge in [0.25, 0.3) is 0 Å². The maximum atomic E-state index is 13.2. The first kappa shape index (κ1) is 49.9. The maximum absolute atomic E-state index is 13.2. The van der Waals surface area contributed by atoms with Gasteiger partial charge >= 0.3 is 0 Å². The van der Waals surface area contributed by atoms with Crippen molar-refractivity contribution < 1.29 is 8.78 Å². The smallest absolute Gasteiger partial charge is 0.126 e. The van der Waals surface area contributed by atoms with Crippen LogP contribution in [0.15, 0.2) is 114 Å². The number of allylic oxidation sites excluding steroid dienone is 7. The zero-order chi connectivity index (χ0) is 39.1. The summed E-state index contributed by atoms with van der Waals surface area (Å²) >= 11 is 0. The summed E-state index contributed by atoms with van der Waals surface area (Å²) in [5, 5.41) is 1.34. The number of nitrogens with zero attached hydrogens (tertiary/aromatic N) is 1. The highest BCUT2D eigenvalue weighted by Gasteiger charge is 2.10. The fraction of sp³-hybridized carbons (Fsp3) is 0.478. The number of halogens is 2. The van der Waals surface area contributed by atoms with Crippen LogP contribution in [-0.2, 0) is 6.54 Å². The van der Waals surface area contributed by atoms with Gasteiger partial charge in [-0.15, -0.1) is 6.58 Å². The molecule has 2 aromatic carbocycles. The van der Waals surface area contributed by atoms with E-state index in [-0.39, 0.29) is 11.6 Å². The molecular weight excluding hydrogens is 605 g/mol. The first-order valence-corrected chi connectivity index (χ1v) is 18.0. The average molecular weight is 678 g/mol. The molecule has 3 heteroatoms. The van der Waals surface area contributed by atoms with Crippen LogP contribution in [0.3, 0.4) is 0 Å². The van der Waals surface area contributed by atoms with Crippen LogP contribution in [0.5, 0.6) is 0 Å². The second-order valence-corrected chi connectivity index (χ2v) is 13.9. The summed E-state index contributed by atoms with van der Waals surface area (Å²) in [6, 6.07) is 15.6. The van der Waals surface area contributed by atoms with Gasteiger partial charge in [-0.05, 0) is 131 Å². The van der Waals surface area contributed by atoms with Crippen molar-refractivity contribution in [3.05, 3.63) is 131 Å². The van der Waals surface area contributed by atoms with Crippen molar-refractivity contribution in [1.82, 2.24) is 4.57 Å². The molecule has 0 amide bonds. The molecule has 0 aliphatic carbocycles. The van der Waals surface area contributed by atoms with Crippen LogP contribution in [0.1, 0.15) is 134 Å². The molecule has 3 rings (SSSR count). The Morgan fingerprint density at radius 1 is 0.837 bits per heavy atom. The summed E-state index contributed by atoms with van der Waals surface area (Å²) in [5.41, 5.74) is 8.69. The standard InChI is InChI=1S/C12H17F.C11H15F.C11H13N.C8H16.2C2H6/c1-8(2)11(9(3)4)7-12(13)10(5)6;1-8(2)9(3)10-5-4-6-11(12)7-10;1-3-12-7-6-10-8-9(2)4-5-11(10)12;1-7(2)6-8(3,4)5;2*1-2/h7H,1,5H2,2-4,6H3;4-9H,1-3H3;4-8H,3H2,1-2H3;1,6H2,2-5H3;2*1-2H3/b12-7+;;;;;. The van der Waals surface area contributed by atoms with Gasteiger partial charge in [0.1, 0.15) is 11.6 Å². The zero-order valence-corrected chi connectivity index (χ0v) is 34.7. The van der Waals surface area contributed by atoms with Gasteiger partial charge in [0, 0.05) is 18.3 Å². The fourth-order valence-electron chi connectivity index (χ4n) is 4.62. The average Bonchev–Trinajstić information content (AvgIpc) is 3.42. The Morgan fingerprint density at radius 3 is 1.76 bits per heavy atom. The number of aromatic nitrogens is 1. The molecule has 276 valence electrons. The van der Waals surface area contributed by atoms with Crippen molar-refractivity contribution in [1.29, 1.82) is 0 Å². The molecular formula is C46H73F2N. The topological polar surface area (TPSA) is 4.93 Å². The molecule has 1 heterocycles. The molecule has 0 bridgehead atoms. The van der Waals surface area contributed by atoms with E-state index in [1.165, 1.54) is 34.2 Å². The van der Waals surface area contributed by atoms with E-state index in [1.54, 1.807) is 19.1 Å². The lowest BCUT2D eigenvalue weighted by Crippen LogP contribution is -2.03. The van der Waals surface area contributed by atoms with Gasteiger partial charge in [-0.3, -0.25) is 0 Å². The minimum Gasteiger partial charge on any atom is -0.348 e. The zero-order valence-electron chi connectivity index (χ0n) is 34.7. The third-order valence-electron chi connectivity index (χ3n) is 7.15. The quantitative estimate of drug-likeness (QED) is 0.173. The number of hydrogen-bond donors (Lipinski definition) is 0. The third kappa shape index (κ3) is 22.7. The van der Waals surface area contributed by atoms with Crippen molar-refractivity contribution in [2.45, 2.75) is 137 Å². The molecule has 0 saturated carbocycles. The van der Waals surface area contributed by atoms with Crippen LogP contribution >= 0.6 is 0 Å². The minimum absolute atomic E-state index is 0.139. The van der Waals surface area contributed by atoms with Crippen molar-refractivity contribution in [3.8, 4) is 0 Å². The fourth-order valence-corrected chi connectivity index (χ4v) is 4.62. The van der Waals surface area contributed by atoms with Gasteiger partial charge in [-0.1, -0.05) is 123 Å². The van der Waals surface area contributed by atoms with E-state index in [2.05, 4.69) is 117 Å². The lowest BCUT2D eigenvalue weighted by Gasteiger charge is -2.17. The van der Waals surface area contributed by atoms with Gasteiger partial charge in [0.15, 0.2) is 0 Å². The summed E-state index contributed by atoms with van der Waals surface area (Å²) < 4.78 is 28.2. The molecule has 0 fully saturated rings. The Morgan fingerprint density at radius 2 is 1.39 bits per heavy atom. The number of fused-ring (bicyclic) bond motifs is 1. The van der Waals surface area contributed by atoms with Gasteiger partial charge in [0.2, 0.25) is 0 Å². The molecule has 0 radical (unpaired) electrons. The molecule has 0 N–H and O–H groups in total. The van der Waals surface area contributed by atoms with E-state index in [9.17, 15) is 8.78 Å². The molecule has 1 unspecified atom stereocenters. The van der Waals surface area contributed by atoms with Crippen molar-refractivity contribution in [2.75, 3.05) is 0 Å². The highest BCUT2D eigenvalue weighted by atomic mass is 19.1. The summed E-state index contributed by atoms with van der Waals surface area (Å²) in [5.74, 6) is 0.576. The summed E-state index contributed by atoms with van der Waals surface area (Å²) in [6.45, 7) is 47.1.